The van der Waals surface area contributed by atoms with E-state index < -0.39 is 0 Å². The van der Waals surface area contributed by atoms with Crippen molar-refractivity contribution in [1.29, 1.82) is 0 Å². The zero-order chi connectivity index (χ0) is 12.7. The molecule has 0 aliphatic rings. The topological polar surface area (TPSA) is 50.4 Å². The fourth-order valence-electron chi connectivity index (χ4n) is 1.35. The summed E-state index contributed by atoms with van der Waals surface area (Å²) in [6, 6.07) is 6.73. The predicted octanol–water partition coefficient (Wildman–Crippen LogP) is 2.89. The van der Waals surface area contributed by atoms with Crippen LogP contribution in [0.3, 0.4) is 0 Å². The largest absolute Gasteiger partial charge is 0.383 e. The van der Waals surface area contributed by atoms with Gasteiger partial charge >= 0.3 is 6.03 Å². The lowest BCUT2D eigenvalue weighted by molar-refractivity contribution is 0.165. The molecule has 1 atom stereocenters. The maximum absolute atomic E-state index is 11.6. The van der Waals surface area contributed by atoms with Gasteiger partial charge in [-0.1, -0.05) is 18.5 Å². The SMILES string of the molecule is CC[C@H](COC)NC(=O)Nc1ccc(Cl)cc1. The van der Waals surface area contributed by atoms with Crippen LogP contribution in [0, 0.1) is 0 Å². The molecule has 5 heteroatoms. The van der Waals surface area contributed by atoms with E-state index in [1.807, 2.05) is 6.92 Å². The smallest absolute Gasteiger partial charge is 0.319 e. The summed E-state index contributed by atoms with van der Waals surface area (Å²) in [6.45, 7) is 2.50. The van der Waals surface area contributed by atoms with Crippen molar-refractivity contribution < 1.29 is 9.53 Å². The fourth-order valence-corrected chi connectivity index (χ4v) is 1.47. The third kappa shape index (κ3) is 5.06. The third-order valence-electron chi connectivity index (χ3n) is 2.30. The van der Waals surface area contributed by atoms with E-state index in [1.165, 1.54) is 0 Å². The standard InChI is InChI=1S/C12H17ClN2O2/c1-3-10(8-17-2)14-12(16)15-11-6-4-9(13)5-7-11/h4-7,10H,3,8H2,1-2H3,(H2,14,15,16)/t10-/m1/s1. The molecule has 0 radical (unpaired) electrons. The number of hydrogen-bond acceptors (Lipinski definition) is 2. The molecular formula is C12H17ClN2O2. The molecule has 0 saturated heterocycles. The Kier molecular flexibility index (Phi) is 5.80. The van der Waals surface area contributed by atoms with E-state index in [2.05, 4.69) is 10.6 Å². The maximum atomic E-state index is 11.6. The first-order chi connectivity index (χ1) is 8.15. The Morgan fingerprint density at radius 3 is 2.59 bits per heavy atom. The second-order valence-electron chi connectivity index (χ2n) is 3.67. The first-order valence-electron chi connectivity index (χ1n) is 5.47. The van der Waals surface area contributed by atoms with Gasteiger partial charge in [0.2, 0.25) is 0 Å². The van der Waals surface area contributed by atoms with E-state index in [0.717, 1.165) is 6.42 Å². The van der Waals surface area contributed by atoms with Gasteiger partial charge in [0.05, 0.1) is 12.6 Å². The van der Waals surface area contributed by atoms with Gasteiger partial charge in [-0.2, -0.15) is 0 Å². The summed E-state index contributed by atoms with van der Waals surface area (Å²) in [7, 11) is 1.61. The summed E-state index contributed by atoms with van der Waals surface area (Å²) >= 11 is 5.75. The molecule has 1 aromatic rings. The van der Waals surface area contributed by atoms with Crippen molar-refractivity contribution in [3.05, 3.63) is 29.3 Å². The van der Waals surface area contributed by atoms with Crippen LogP contribution in [-0.4, -0.2) is 25.8 Å². The van der Waals surface area contributed by atoms with Crippen molar-refractivity contribution in [2.45, 2.75) is 19.4 Å². The highest BCUT2D eigenvalue weighted by molar-refractivity contribution is 6.30. The molecule has 2 amide bonds. The van der Waals surface area contributed by atoms with E-state index >= 15 is 0 Å². The lowest BCUT2D eigenvalue weighted by Gasteiger charge is -2.16. The molecule has 0 saturated carbocycles. The average Bonchev–Trinajstić information content (AvgIpc) is 2.31. The molecule has 0 spiro atoms. The monoisotopic (exact) mass is 256 g/mol. The number of urea groups is 1. The van der Waals surface area contributed by atoms with Crippen LogP contribution in [0.15, 0.2) is 24.3 Å². The summed E-state index contributed by atoms with van der Waals surface area (Å²) in [6.07, 6.45) is 0.821. The summed E-state index contributed by atoms with van der Waals surface area (Å²) in [4.78, 5) is 11.6. The number of anilines is 1. The van der Waals surface area contributed by atoms with E-state index in [4.69, 9.17) is 16.3 Å². The van der Waals surface area contributed by atoms with Gasteiger partial charge in [-0.25, -0.2) is 4.79 Å². The Morgan fingerprint density at radius 2 is 2.06 bits per heavy atom. The summed E-state index contributed by atoms with van der Waals surface area (Å²) in [5, 5.41) is 6.19. The summed E-state index contributed by atoms with van der Waals surface area (Å²) < 4.78 is 5.00. The van der Waals surface area contributed by atoms with Crippen LogP contribution in [0.5, 0.6) is 0 Å². The molecule has 4 nitrogen and oxygen atoms in total. The van der Waals surface area contributed by atoms with Gasteiger partial charge in [0, 0.05) is 17.8 Å². The van der Waals surface area contributed by atoms with Crippen molar-refractivity contribution >= 4 is 23.3 Å². The molecule has 0 aliphatic heterocycles. The minimum absolute atomic E-state index is 0.0206. The van der Waals surface area contributed by atoms with Gasteiger partial charge in [0.25, 0.3) is 0 Å². The van der Waals surface area contributed by atoms with Crippen molar-refractivity contribution in [2.75, 3.05) is 19.0 Å². The van der Waals surface area contributed by atoms with Gasteiger partial charge in [0.15, 0.2) is 0 Å². The van der Waals surface area contributed by atoms with Crippen molar-refractivity contribution in [2.24, 2.45) is 0 Å². The van der Waals surface area contributed by atoms with Gasteiger partial charge < -0.3 is 15.4 Å². The Bertz CT molecular complexity index is 354. The van der Waals surface area contributed by atoms with Crippen molar-refractivity contribution in [3.63, 3.8) is 0 Å². The minimum atomic E-state index is -0.240. The lowest BCUT2D eigenvalue weighted by atomic mass is 10.2. The molecule has 2 N–H and O–H groups in total. The average molecular weight is 257 g/mol. The number of hydrogen-bond donors (Lipinski definition) is 2. The molecule has 0 unspecified atom stereocenters. The number of benzene rings is 1. The molecule has 0 fully saturated rings. The Morgan fingerprint density at radius 1 is 1.41 bits per heavy atom. The van der Waals surface area contributed by atoms with Crippen LogP contribution >= 0.6 is 11.6 Å². The van der Waals surface area contributed by atoms with Crippen molar-refractivity contribution in [1.82, 2.24) is 5.32 Å². The van der Waals surface area contributed by atoms with Gasteiger partial charge in [0.1, 0.15) is 0 Å². The van der Waals surface area contributed by atoms with Crippen LogP contribution < -0.4 is 10.6 Å². The molecule has 94 valence electrons. The second-order valence-corrected chi connectivity index (χ2v) is 4.10. The highest BCUT2D eigenvalue weighted by Gasteiger charge is 2.09. The van der Waals surface area contributed by atoms with Gasteiger partial charge in [-0.15, -0.1) is 0 Å². The molecule has 0 aromatic heterocycles. The number of carbonyl (C=O) groups excluding carboxylic acids is 1. The highest BCUT2D eigenvalue weighted by atomic mass is 35.5. The van der Waals surface area contributed by atoms with E-state index in [9.17, 15) is 4.79 Å². The second kappa shape index (κ2) is 7.14. The van der Waals surface area contributed by atoms with E-state index in [0.29, 0.717) is 17.3 Å². The lowest BCUT2D eigenvalue weighted by Crippen LogP contribution is -2.40. The molecule has 1 rings (SSSR count). The Balaban J connectivity index is 2.46. The zero-order valence-electron chi connectivity index (χ0n) is 10.00. The minimum Gasteiger partial charge on any atom is -0.383 e. The highest BCUT2D eigenvalue weighted by Crippen LogP contribution is 2.13. The molecule has 1 aromatic carbocycles. The number of rotatable bonds is 5. The zero-order valence-corrected chi connectivity index (χ0v) is 10.8. The Hall–Kier alpha value is -1.26. The number of methoxy groups -OCH3 is 1. The molecule has 0 aliphatic carbocycles. The van der Waals surface area contributed by atoms with Crippen LogP contribution in [0.4, 0.5) is 10.5 Å². The first kappa shape index (κ1) is 13.8. The molecule has 0 heterocycles. The molecule has 17 heavy (non-hydrogen) atoms. The summed E-state index contributed by atoms with van der Waals surface area (Å²) in [5.41, 5.74) is 0.708. The molecular weight excluding hydrogens is 240 g/mol. The fraction of sp³-hybridized carbons (Fsp3) is 0.417. The van der Waals surface area contributed by atoms with Crippen LogP contribution in [0.1, 0.15) is 13.3 Å². The van der Waals surface area contributed by atoms with Crippen LogP contribution in [0.2, 0.25) is 5.02 Å². The Labute approximate surface area is 106 Å². The van der Waals surface area contributed by atoms with Crippen LogP contribution in [0.25, 0.3) is 0 Å². The summed E-state index contributed by atoms with van der Waals surface area (Å²) in [5.74, 6) is 0. The number of carbonyl (C=O) groups is 1. The van der Waals surface area contributed by atoms with E-state index in [-0.39, 0.29) is 12.1 Å². The predicted molar refractivity (Wildman–Crippen MR) is 69.6 cm³/mol. The number of ether oxygens (including phenoxy) is 1. The van der Waals surface area contributed by atoms with Crippen LogP contribution in [-0.2, 0) is 4.74 Å². The quantitative estimate of drug-likeness (QED) is 0.851. The number of halogens is 1. The van der Waals surface area contributed by atoms with Gasteiger partial charge in [-0.3, -0.25) is 0 Å². The maximum Gasteiger partial charge on any atom is 0.319 e. The normalized spacial score (nSPS) is 11.9. The number of nitrogens with one attached hydrogen (secondary N) is 2. The van der Waals surface area contributed by atoms with Crippen molar-refractivity contribution in [3.8, 4) is 0 Å². The number of amides is 2. The third-order valence-corrected chi connectivity index (χ3v) is 2.55. The first-order valence-corrected chi connectivity index (χ1v) is 5.85. The van der Waals surface area contributed by atoms with E-state index in [1.54, 1.807) is 31.4 Å². The van der Waals surface area contributed by atoms with Gasteiger partial charge in [-0.05, 0) is 30.7 Å². The molecule has 0 bridgehead atoms.